The lowest BCUT2D eigenvalue weighted by Gasteiger charge is -2.17. The summed E-state index contributed by atoms with van der Waals surface area (Å²) in [4.78, 5) is 36.8. The maximum Gasteiger partial charge on any atom is 0.325 e. The Labute approximate surface area is 129 Å². The Morgan fingerprint density at radius 2 is 1.91 bits per heavy atom. The van der Waals surface area contributed by atoms with E-state index in [-0.39, 0.29) is 30.8 Å². The number of amides is 4. The fraction of sp³-hybridized carbons (Fsp3) is 0.438. The van der Waals surface area contributed by atoms with E-state index >= 15 is 0 Å². The van der Waals surface area contributed by atoms with Gasteiger partial charge in [-0.15, -0.1) is 0 Å². The van der Waals surface area contributed by atoms with Crippen molar-refractivity contribution in [3.05, 3.63) is 35.9 Å². The van der Waals surface area contributed by atoms with Crippen molar-refractivity contribution in [1.82, 2.24) is 15.5 Å². The van der Waals surface area contributed by atoms with E-state index in [9.17, 15) is 14.4 Å². The highest BCUT2D eigenvalue weighted by atomic mass is 16.2. The molecule has 2 rings (SSSR count). The molecular weight excluding hydrogens is 282 g/mol. The highest BCUT2D eigenvalue weighted by molar-refractivity contribution is 6.06. The highest BCUT2D eigenvalue weighted by Crippen LogP contribution is 2.17. The van der Waals surface area contributed by atoms with Crippen LogP contribution in [0.2, 0.25) is 0 Å². The molecule has 6 heteroatoms. The van der Waals surface area contributed by atoms with Gasteiger partial charge >= 0.3 is 6.03 Å². The van der Waals surface area contributed by atoms with Crippen molar-refractivity contribution >= 4 is 17.8 Å². The molecule has 1 aromatic rings. The van der Waals surface area contributed by atoms with Crippen LogP contribution in [-0.4, -0.2) is 34.8 Å². The number of hydrogen-bond acceptors (Lipinski definition) is 3. The second-order valence-electron chi connectivity index (χ2n) is 5.96. The summed E-state index contributed by atoms with van der Waals surface area (Å²) in [6, 6.07) is 9.04. The van der Waals surface area contributed by atoms with Crippen LogP contribution in [0.3, 0.4) is 0 Å². The molecular formula is C16H21N3O3. The van der Waals surface area contributed by atoms with Crippen molar-refractivity contribution in [2.75, 3.05) is 6.54 Å². The average Bonchev–Trinajstić information content (AvgIpc) is 2.66. The minimum absolute atomic E-state index is 0.0848. The maximum absolute atomic E-state index is 12.0. The van der Waals surface area contributed by atoms with Gasteiger partial charge in [0, 0.05) is 13.0 Å². The monoisotopic (exact) mass is 303 g/mol. The number of carbonyl (C=O) groups is 3. The van der Waals surface area contributed by atoms with Gasteiger partial charge in [0.25, 0.3) is 5.91 Å². The number of nitrogens with one attached hydrogen (secondary N) is 2. The molecule has 1 aliphatic heterocycles. The van der Waals surface area contributed by atoms with Crippen molar-refractivity contribution in [3.8, 4) is 0 Å². The maximum atomic E-state index is 12.0. The van der Waals surface area contributed by atoms with Crippen LogP contribution in [0.5, 0.6) is 0 Å². The Hall–Kier alpha value is -2.37. The number of urea groups is 1. The van der Waals surface area contributed by atoms with E-state index in [4.69, 9.17) is 0 Å². The van der Waals surface area contributed by atoms with Crippen molar-refractivity contribution in [3.63, 3.8) is 0 Å². The molecule has 0 bridgehead atoms. The summed E-state index contributed by atoms with van der Waals surface area (Å²) in [6.07, 6.45) is 0.0897. The van der Waals surface area contributed by atoms with Crippen LogP contribution in [0.15, 0.2) is 30.3 Å². The van der Waals surface area contributed by atoms with Gasteiger partial charge in [0.2, 0.25) is 5.91 Å². The molecule has 0 radical (unpaired) electrons. The van der Waals surface area contributed by atoms with Gasteiger partial charge in [-0.25, -0.2) is 4.79 Å². The van der Waals surface area contributed by atoms with Gasteiger partial charge in [0.1, 0.15) is 5.54 Å². The minimum Gasteiger partial charge on any atom is -0.350 e. The smallest absolute Gasteiger partial charge is 0.325 e. The standard InChI is InChI=1S/C16H21N3O3/c1-11(12-7-5-4-6-8-12)17-13(20)9-10-19-14(21)16(2,3)18-15(19)22/h4-8,11H,9-10H2,1-3H3,(H,17,20)(H,18,22). The van der Waals surface area contributed by atoms with Crippen LogP contribution >= 0.6 is 0 Å². The van der Waals surface area contributed by atoms with Gasteiger partial charge in [-0.3, -0.25) is 14.5 Å². The summed E-state index contributed by atoms with van der Waals surface area (Å²) in [5, 5.41) is 5.45. The van der Waals surface area contributed by atoms with Crippen molar-refractivity contribution in [1.29, 1.82) is 0 Å². The number of hydrogen-bond donors (Lipinski definition) is 2. The molecule has 0 spiro atoms. The molecule has 6 nitrogen and oxygen atoms in total. The third-order valence-electron chi connectivity index (χ3n) is 3.68. The first-order chi connectivity index (χ1) is 10.3. The van der Waals surface area contributed by atoms with E-state index < -0.39 is 11.6 Å². The first kappa shape index (κ1) is 16.0. The summed E-state index contributed by atoms with van der Waals surface area (Å²) < 4.78 is 0. The SMILES string of the molecule is CC(NC(=O)CCN1C(=O)NC(C)(C)C1=O)c1ccccc1. The molecule has 0 aliphatic carbocycles. The molecule has 1 heterocycles. The number of benzene rings is 1. The summed E-state index contributed by atoms with van der Waals surface area (Å²) in [5.74, 6) is -0.497. The molecule has 2 N–H and O–H groups in total. The fourth-order valence-electron chi connectivity index (χ4n) is 2.37. The van der Waals surface area contributed by atoms with E-state index in [0.29, 0.717) is 0 Å². The van der Waals surface area contributed by atoms with E-state index in [1.165, 1.54) is 0 Å². The first-order valence-electron chi connectivity index (χ1n) is 7.29. The molecule has 1 atom stereocenters. The summed E-state index contributed by atoms with van der Waals surface area (Å²) in [5.41, 5.74) is 0.109. The second-order valence-corrected chi connectivity index (χ2v) is 5.96. The molecule has 1 saturated heterocycles. The molecule has 0 aromatic heterocycles. The van der Waals surface area contributed by atoms with Crippen LogP contribution in [0, 0.1) is 0 Å². The lowest BCUT2D eigenvalue weighted by Crippen LogP contribution is -2.40. The second kappa shape index (κ2) is 6.17. The Kier molecular flexibility index (Phi) is 4.49. The number of rotatable bonds is 5. The normalized spacial score (nSPS) is 18.0. The van der Waals surface area contributed by atoms with Crippen molar-refractivity contribution in [2.24, 2.45) is 0 Å². The number of nitrogens with zero attached hydrogens (tertiary/aromatic N) is 1. The van der Waals surface area contributed by atoms with Crippen molar-refractivity contribution in [2.45, 2.75) is 38.8 Å². The van der Waals surface area contributed by atoms with Gasteiger partial charge in [0.15, 0.2) is 0 Å². The number of imide groups is 1. The Bertz CT molecular complexity index is 584. The van der Waals surface area contributed by atoms with Crippen LogP contribution in [-0.2, 0) is 9.59 Å². The Balaban J connectivity index is 1.86. The zero-order chi connectivity index (χ0) is 16.3. The summed E-state index contributed by atoms with van der Waals surface area (Å²) >= 11 is 0. The van der Waals surface area contributed by atoms with Gasteiger partial charge in [0.05, 0.1) is 6.04 Å². The third kappa shape index (κ3) is 3.44. The fourth-order valence-corrected chi connectivity index (χ4v) is 2.37. The van der Waals surface area contributed by atoms with Crippen LogP contribution in [0.4, 0.5) is 4.79 Å². The van der Waals surface area contributed by atoms with Crippen molar-refractivity contribution < 1.29 is 14.4 Å². The van der Waals surface area contributed by atoms with E-state index in [1.807, 2.05) is 37.3 Å². The zero-order valence-electron chi connectivity index (χ0n) is 13.1. The molecule has 118 valence electrons. The van der Waals surface area contributed by atoms with Crippen LogP contribution in [0.25, 0.3) is 0 Å². The molecule has 1 unspecified atom stereocenters. The zero-order valence-corrected chi connectivity index (χ0v) is 13.1. The Morgan fingerprint density at radius 3 is 2.45 bits per heavy atom. The molecule has 1 fully saturated rings. The quantitative estimate of drug-likeness (QED) is 0.811. The van der Waals surface area contributed by atoms with Crippen LogP contribution in [0.1, 0.15) is 38.8 Å². The predicted molar refractivity (Wildman–Crippen MR) is 81.9 cm³/mol. The highest BCUT2D eigenvalue weighted by Gasteiger charge is 2.43. The minimum atomic E-state index is -0.898. The molecule has 22 heavy (non-hydrogen) atoms. The summed E-state index contributed by atoms with van der Waals surface area (Å²) in [7, 11) is 0. The molecule has 0 saturated carbocycles. The third-order valence-corrected chi connectivity index (χ3v) is 3.68. The lowest BCUT2D eigenvalue weighted by molar-refractivity contribution is -0.130. The topological polar surface area (TPSA) is 78.5 Å². The summed E-state index contributed by atoms with van der Waals surface area (Å²) in [6.45, 7) is 5.26. The van der Waals surface area contributed by atoms with Gasteiger partial charge in [-0.2, -0.15) is 0 Å². The lowest BCUT2D eigenvalue weighted by atomic mass is 10.1. The molecule has 4 amide bonds. The van der Waals surface area contributed by atoms with E-state index in [0.717, 1.165) is 10.5 Å². The average molecular weight is 303 g/mol. The van der Waals surface area contributed by atoms with Gasteiger partial charge in [-0.1, -0.05) is 30.3 Å². The van der Waals surface area contributed by atoms with Gasteiger partial charge in [-0.05, 0) is 26.3 Å². The predicted octanol–water partition coefficient (Wildman–Crippen LogP) is 1.58. The molecule has 1 aliphatic rings. The van der Waals surface area contributed by atoms with Crippen LogP contribution < -0.4 is 10.6 Å². The largest absolute Gasteiger partial charge is 0.350 e. The number of carbonyl (C=O) groups excluding carboxylic acids is 3. The van der Waals surface area contributed by atoms with E-state index in [1.54, 1.807) is 13.8 Å². The van der Waals surface area contributed by atoms with Gasteiger partial charge < -0.3 is 10.6 Å². The first-order valence-corrected chi connectivity index (χ1v) is 7.29. The Morgan fingerprint density at radius 1 is 1.27 bits per heavy atom. The molecule has 1 aromatic carbocycles. The van der Waals surface area contributed by atoms with E-state index in [2.05, 4.69) is 10.6 Å².